The maximum atomic E-state index is 9.40. The van der Waals surface area contributed by atoms with Crippen molar-refractivity contribution in [2.75, 3.05) is 13.6 Å². The van der Waals surface area contributed by atoms with Crippen LogP contribution < -0.4 is 5.32 Å². The van der Waals surface area contributed by atoms with E-state index < -0.39 is 0 Å². The third kappa shape index (κ3) is 14.4. The maximum absolute atomic E-state index is 9.40. The molecule has 0 aliphatic rings. The zero-order valence-electron chi connectivity index (χ0n) is 11.6. The number of hydrogen-bond donors (Lipinski definition) is 2. The number of aliphatic hydroxyl groups excluding tert-OH is 1. The van der Waals surface area contributed by atoms with Gasteiger partial charge in [0.15, 0.2) is 0 Å². The fourth-order valence-corrected chi connectivity index (χ4v) is 1.07. The van der Waals surface area contributed by atoms with E-state index in [4.69, 9.17) is 0 Å². The van der Waals surface area contributed by atoms with E-state index in [9.17, 15) is 5.11 Å². The number of hydrogen-bond acceptors (Lipinski definition) is 2. The summed E-state index contributed by atoms with van der Waals surface area (Å²) in [5.41, 5.74) is 1.25. The lowest BCUT2D eigenvalue weighted by Crippen LogP contribution is -2.22. The fourth-order valence-electron chi connectivity index (χ4n) is 1.07. The zero-order chi connectivity index (χ0) is 14.2. The fraction of sp³-hybridized carbons (Fsp3) is 0.375. The maximum Gasteiger partial charge on any atom is 0.0698 e. The second-order valence-corrected chi connectivity index (χ2v) is 3.65. The molecule has 0 aromatic carbocycles. The van der Waals surface area contributed by atoms with E-state index in [0.717, 1.165) is 0 Å². The Labute approximate surface area is 112 Å². The zero-order valence-corrected chi connectivity index (χ0v) is 11.6. The Morgan fingerprint density at radius 2 is 1.83 bits per heavy atom. The summed E-state index contributed by atoms with van der Waals surface area (Å²) in [5, 5.41) is 12.3. The molecule has 2 N–H and O–H groups in total. The van der Waals surface area contributed by atoms with Crippen LogP contribution in [0.15, 0.2) is 48.1 Å². The van der Waals surface area contributed by atoms with Crippen molar-refractivity contribution < 1.29 is 5.11 Å². The van der Waals surface area contributed by atoms with Gasteiger partial charge in [0.05, 0.1) is 6.10 Å². The molecule has 0 amide bonds. The molecule has 1 unspecified atom stereocenters. The number of rotatable bonds is 7. The summed E-state index contributed by atoms with van der Waals surface area (Å²) in [7, 11) is 1.83. The predicted molar refractivity (Wildman–Crippen MR) is 81.3 cm³/mol. The molecule has 0 aromatic rings. The molecule has 0 saturated carbocycles. The highest BCUT2D eigenvalue weighted by Gasteiger charge is 1.96. The van der Waals surface area contributed by atoms with Gasteiger partial charge in [-0.05, 0) is 27.3 Å². The van der Waals surface area contributed by atoms with Gasteiger partial charge in [0.1, 0.15) is 0 Å². The van der Waals surface area contributed by atoms with Gasteiger partial charge in [-0.2, -0.15) is 0 Å². The first-order chi connectivity index (χ1) is 8.70. The van der Waals surface area contributed by atoms with Gasteiger partial charge in [-0.15, -0.1) is 12.8 Å². The van der Waals surface area contributed by atoms with E-state index in [1.165, 1.54) is 5.57 Å². The van der Waals surface area contributed by atoms with Gasteiger partial charge in [-0.1, -0.05) is 48.1 Å². The molecule has 1 atom stereocenters. The summed E-state index contributed by atoms with van der Waals surface area (Å²) < 4.78 is 0. The van der Waals surface area contributed by atoms with Crippen molar-refractivity contribution in [2.45, 2.75) is 26.4 Å². The molecule has 0 spiro atoms. The summed E-state index contributed by atoms with van der Waals surface area (Å²) >= 11 is 0. The minimum absolute atomic E-state index is 0.296. The molecule has 0 fully saturated rings. The van der Waals surface area contributed by atoms with E-state index in [0.29, 0.717) is 13.0 Å². The van der Waals surface area contributed by atoms with Crippen LogP contribution in [0.5, 0.6) is 0 Å². The summed E-state index contributed by atoms with van der Waals surface area (Å²) in [6, 6.07) is 0. The highest BCUT2D eigenvalue weighted by molar-refractivity contribution is 5.21. The van der Waals surface area contributed by atoms with E-state index in [1.54, 1.807) is 0 Å². The summed E-state index contributed by atoms with van der Waals surface area (Å²) in [6.07, 6.45) is 22.4. The number of terminal acetylenes is 1. The lowest BCUT2D eigenvalue weighted by atomic mass is 10.2. The Balaban J connectivity index is 0. The molecule has 2 heteroatoms. The van der Waals surface area contributed by atoms with Crippen LogP contribution in [0.2, 0.25) is 0 Å². The van der Waals surface area contributed by atoms with Crippen LogP contribution in [-0.2, 0) is 0 Å². The number of nitrogens with one attached hydrogen (secondary N) is 1. The molecular weight excluding hydrogens is 222 g/mol. The van der Waals surface area contributed by atoms with Gasteiger partial charge in [-0.3, -0.25) is 0 Å². The largest absolute Gasteiger partial charge is 0.391 e. The monoisotopic (exact) mass is 247 g/mol. The van der Waals surface area contributed by atoms with Crippen LogP contribution in [0.3, 0.4) is 0 Å². The molecule has 2 nitrogen and oxygen atoms in total. The molecule has 0 saturated heterocycles. The first-order valence-corrected chi connectivity index (χ1v) is 5.99. The van der Waals surface area contributed by atoms with E-state index in [1.807, 2.05) is 44.4 Å². The Morgan fingerprint density at radius 1 is 1.22 bits per heavy atom. The third-order valence-electron chi connectivity index (χ3n) is 2.13. The molecule has 0 aliphatic heterocycles. The van der Waals surface area contributed by atoms with Crippen molar-refractivity contribution in [3.63, 3.8) is 0 Å². The van der Waals surface area contributed by atoms with Crippen LogP contribution in [-0.4, -0.2) is 24.8 Å². The van der Waals surface area contributed by atoms with E-state index in [2.05, 4.69) is 37.2 Å². The Bertz CT molecular complexity index is 308. The van der Waals surface area contributed by atoms with Crippen LogP contribution in [0.1, 0.15) is 20.3 Å². The molecule has 0 aliphatic carbocycles. The first-order valence-electron chi connectivity index (χ1n) is 5.99. The van der Waals surface area contributed by atoms with Crippen LogP contribution in [0.4, 0.5) is 0 Å². The van der Waals surface area contributed by atoms with Crippen LogP contribution in [0, 0.1) is 12.8 Å². The SMILES string of the molecule is C#C.C/C=C(C)/C=C\C=C/C=C/CC(O)CNC. The van der Waals surface area contributed by atoms with Gasteiger partial charge < -0.3 is 10.4 Å². The van der Waals surface area contributed by atoms with E-state index >= 15 is 0 Å². The standard InChI is InChI=1S/C14H23NO.C2H2/c1-4-13(2)10-8-6-5-7-9-11-14(16)12-15-3;1-2/h4-10,14-16H,11-12H2,1-3H3;1-2H/b6-5-,9-7+,10-8-,13-4+;. The Kier molecular flexibility index (Phi) is 16.1. The number of likely N-dealkylation sites (N-methyl/N-ethyl adjacent to an activating group) is 1. The smallest absolute Gasteiger partial charge is 0.0698 e. The molecule has 100 valence electrons. The molecule has 0 rings (SSSR count). The first kappa shape index (κ1) is 18.8. The number of allylic oxidation sites excluding steroid dienone is 7. The lowest BCUT2D eigenvalue weighted by molar-refractivity contribution is 0.177. The normalized spacial score (nSPS) is 14.0. The topological polar surface area (TPSA) is 32.3 Å². The number of aliphatic hydroxyl groups is 1. The second kappa shape index (κ2) is 15.4. The summed E-state index contributed by atoms with van der Waals surface area (Å²) in [6.45, 7) is 4.72. The van der Waals surface area contributed by atoms with Crippen molar-refractivity contribution in [1.29, 1.82) is 0 Å². The lowest BCUT2D eigenvalue weighted by Gasteiger charge is -2.04. The molecule has 0 aromatic heterocycles. The summed E-state index contributed by atoms with van der Waals surface area (Å²) in [4.78, 5) is 0. The molecule has 18 heavy (non-hydrogen) atoms. The molecule has 0 bridgehead atoms. The van der Waals surface area contributed by atoms with E-state index in [-0.39, 0.29) is 6.10 Å². The Morgan fingerprint density at radius 3 is 2.39 bits per heavy atom. The third-order valence-corrected chi connectivity index (χ3v) is 2.13. The van der Waals surface area contributed by atoms with Crippen molar-refractivity contribution >= 4 is 0 Å². The predicted octanol–water partition coefficient (Wildman–Crippen LogP) is 2.84. The highest BCUT2D eigenvalue weighted by atomic mass is 16.3. The van der Waals surface area contributed by atoms with Crippen LogP contribution >= 0.6 is 0 Å². The second-order valence-electron chi connectivity index (χ2n) is 3.65. The minimum Gasteiger partial charge on any atom is -0.391 e. The van der Waals surface area contributed by atoms with Crippen molar-refractivity contribution in [3.8, 4) is 12.8 Å². The van der Waals surface area contributed by atoms with Gasteiger partial charge in [0.25, 0.3) is 0 Å². The van der Waals surface area contributed by atoms with Crippen molar-refractivity contribution in [3.05, 3.63) is 48.1 Å². The Hall–Kier alpha value is -1.56. The molecular formula is C16H25NO. The van der Waals surface area contributed by atoms with Gasteiger partial charge in [0.2, 0.25) is 0 Å². The van der Waals surface area contributed by atoms with Crippen molar-refractivity contribution in [1.82, 2.24) is 5.32 Å². The highest BCUT2D eigenvalue weighted by Crippen LogP contribution is 1.95. The minimum atomic E-state index is -0.296. The van der Waals surface area contributed by atoms with Crippen molar-refractivity contribution in [2.24, 2.45) is 0 Å². The quantitative estimate of drug-likeness (QED) is 0.535. The van der Waals surface area contributed by atoms with Crippen LogP contribution in [0.25, 0.3) is 0 Å². The van der Waals surface area contributed by atoms with Gasteiger partial charge in [-0.25, -0.2) is 0 Å². The average molecular weight is 247 g/mol. The van der Waals surface area contributed by atoms with Gasteiger partial charge in [0, 0.05) is 6.54 Å². The molecule has 0 heterocycles. The van der Waals surface area contributed by atoms with Gasteiger partial charge >= 0.3 is 0 Å². The molecule has 0 radical (unpaired) electrons. The average Bonchev–Trinajstić information content (AvgIpc) is 2.40. The summed E-state index contributed by atoms with van der Waals surface area (Å²) in [5.74, 6) is 0.